The van der Waals surface area contributed by atoms with Crippen LogP contribution in [0.25, 0.3) is 22.0 Å². The molecule has 220 valence electrons. The van der Waals surface area contributed by atoms with Gasteiger partial charge in [0.2, 0.25) is 15.9 Å². The first-order chi connectivity index (χ1) is 19.7. The summed E-state index contributed by atoms with van der Waals surface area (Å²) in [5.74, 6) is 3.77. The van der Waals surface area contributed by atoms with Crippen molar-refractivity contribution >= 4 is 32.7 Å². The predicted octanol–water partition coefficient (Wildman–Crippen LogP) is 4.07. The molecule has 1 amide bonds. The van der Waals surface area contributed by atoms with E-state index in [4.69, 9.17) is 4.98 Å². The summed E-state index contributed by atoms with van der Waals surface area (Å²) < 4.78 is 56.1. The Morgan fingerprint density at radius 3 is 2.40 bits per heavy atom. The number of pyridine rings is 1. The molecule has 0 aliphatic rings. The number of hydrogen-bond donors (Lipinski definition) is 3. The van der Waals surface area contributed by atoms with E-state index in [0.717, 1.165) is 12.3 Å². The maximum atomic E-state index is 14.1. The van der Waals surface area contributed by atoms with Crippen LogP contribution in [0.2, 0.25) is 0 Å². The van der Waals surface area contributed by atoms with E-state index in [9.17, 15) is 27.1 Å². The number of sulfonamides is 1. The minimum Gasteiger partial charge on any atom is -0.380 e. The minimum atomic E-state index is -3.62. The van der Waals surface area contributed by atoms with E-state index < -0.39 is 39.7 Å². The fraction of sp³-hybridized carbons (Fsp3) is 0.300. The molecule has 4 rings (SSSR count). The number of benzene rings is 2. The zero-order chi connectivity index (χ0) is 30.8. The molecular weight excluding hydrogens is 564 g/mol. The Labute approximate surface area is 243 Å². The Bertz CT molecular complexity index is 1810. The molecule has 4 aromatic rings. The van der Waals surface area contributed by atoms with Crippen molar-refractivity contribution in [2.24, 2.45) is 13.0 Å². The fourth-order valence-electron chi connectivity index (χ4n) is 4.58. The first-order valence-electron chi connectivity index (χ1n) is 13.1. The van der Waals surface area contributed by atoms with Crippen molar-refractivity contribution in [2.45, 2.75) is 39.3 Å². The Balaban J connectivity index is 1.96. The number of carbonyl (C=O) groups is 1. The molecule has 0 saturated carbocycles. The predicted molar refractivity (Wildman–Crippen MR) is 157 cm³/mol. The van der Waals surface area contributed by atoms with Crippen molar-refractivity contribution in [3.8, 4) is 23.0 Å². The van der Waals surface area contributed by atoms with Gasteiger partial charge in [-0.05, 0) is 54.2 Å². The van der Waals surface area contributed by atoms with Crippen molar-refractivity contribution in [1.29, 1.82) is 0 Å². The van der Waals surface area contributed by atoms with E-state index in [-0.39, 0.29) is 18.2 Å². The molecular formula is C30H31F2N5O4S. The third-order valence-corrected chi connectivity index (χ3v) is 6.98. The highest BCUT2D eigenvalue weighted by Crippen LogP contribution is 2.36. The van der Waals surface area contributed by atoms with Gasteiger partial charge < -0.3 is 10.4 Å². The van der Waals surface area contributed by atoms with E-state index in [0.29, 0.717) is 39.0 Å². The number of hydrogen-bond acceptors (Lipinski definition) is 6. The van der Waals surface area contributed by atoms with Crippen molar-refractivity contribution in [3.63, 3.8) is 0 Å². The normalized spacial score (nSPS) is 13.0. The standard InChI is InChI=1S/C30H31F2N5O4S/c1-17(2)27(39)12-10-22-9-11-23(24-7-6-8-25-29(24)37(4)35-30(25)36-42(5,40)41)28(34-22)26(33-18(3)38)15-19-13-20(31)16-21(32)14-19/h6-9,11,13-14,16-17,26-27,39H,15H2,1-5H3,(H,33,38)(H,35,36)/t26-,27?/m0/s1. The second kappa shape index (κ2) is 12.3. The molecule has 1 unspecified atom stereocenters. The number of amides is 1. The van der Waals surface area contributed by atoms with Gasteiger partial charge in [0.05, 0.1) is 23.5 Å². The second-order valence-corrected chi connectivity index (χ2v) is 12.1. The summed E-state index contributed by atoms with van der Waals surface area (Å²) >= 11 is 0. The molecule has 12 heteroatoms. The molecule has 0 fully saturated rings. The molecule has 2 aromatic heterocycles. The lowest BCUT2D eigenvalue weighted by Crippen LogP contribution is -2.29. The summed E-state index contributed by atoms with van der Waals surface area (Å²) in [6, 6.07) is 11.0. The summed E-state index contributed by atoms with van der Waals surface area (Å²) in [6.07, 6.45) is 0.144. The topological polar surface area (TPSA) is 126 Å². The van der Waals surface area contributed by atoms with Crippen LogP contribution in [-0.2, 0) is 28.3 Å². The van der Waals surface area contributed by atoms with Gasteiger partial charge in [0.1, 0.15) is 23.4 Å². The summed E-state index contributed by atoms with van der Waals surface area (Å²) in [7, 11) is -1.95. The maximum Gasteiger partial charge on any atom is 0.231 e. The average molecular weight is 596 g/mol. The van der Waals surface area contributed by atoms with Crippen molar-refractivity contribution < 1.29 is 27.1 Å². The summed E-state index contributed by atoms with van der Waals surface area (Å²) in [5.41, 5.74) is 2.72. The highest BCUT2D eigenvalue weighted by Gasteiger charge is 2.24. The van der Waals surface area contributed by atoms with Crippen LogP contribution in [-0.4, -0.2) is 46.6 Å². The first kappa shape index (κ1) is 30.6. The van der Waals surface area contributed by atoms with Crippen LogP contribution < -0.4 is 10.0 Å². The van der Waals surface area contributed by atoms with Crippen LogP contribution in [0.1, 0.15) is 43.8 Å². The fourth-order valence-corrected chi connectivity index (χ4v) is 5.09. The van der Waals surface area contributed by atoms with Gasteiger partial charge in [-0.2, -0.15) is 5.10 Å². The molecule has 0 aliphatic carbocycles. The van der Waals surface area contributed by atoms with Crippen LogP contribution in [0.5, 0.6) is 0 Å². The van der Waals surface area contributed by atoms with Crippen LogP contribution >= 0.6 is 0 Å². The van der Waals surface area contributed by atoms with Crippen molar-refractivity contribution in [2.75, 3.05) is 11.0 Å². The number of fused-ring (bicyclic) bond motifs is 1. The van der Waals surface area contributed by atoms with E-state index in [2.05, 4.69) is 27.0 Å². The molecule has 0 bridgehead atoms. The average Bonchev–Trinajstić information content (AvgIpc) is 3.19. The van der Waals surface area contributed by atoms with Crippen LogP contribution in [0, 0.1) is 29.4 Å². The highest BCUT2D eigenvalue weighted by molar-refractivity contribution is 7.92. The third kappa shape index (κ3) is 7.29. The number of nitrogens with zero attached hydrogens (tertiary/aromatic N) is 3. The van der Waals surface area contributed by atoms with Gasteiger partial charge in [-0.15, -0.1) is 0 Å². The van der Waals surface area contributed by atoms with E-state index >= 15 is 0 Å². The number of para-hydroxylation sites is 1. The molecule has 3 N–H and O–H groups in total. The molecule has 2 atom stereocenters. The van der Waals surface area contributed by atoms with Crippen molar-refractivity contribution in [3.05, 3.63) is 77.1 Å². The molecule has 42 heavy (non-hydrogen) atoms. The number of halogens is 2. The van der Waals surface area contributed by atoms with Gasteiger partial charge in [0.25, 0.3) is 0 Å². The summed E-state index contributed by atoms with van der Waals surface area (Å²) in [5, 5.41) is 17.9. The van der Waals surface area contributed by atoms with E-state index in [1.54, 1.807) is 37.4 Å². The van der Waals surface area contributed by atoms with Crippen LogP contribution in [0.4, 0.5) is 14.6 Å². The molecule has 2 aromatic carbocycles. The number of aliphatic hydroxyl groups is 1. The Kier molecular flexibility index (Phi) is 8.94. The number of aliphatic hydroxyl groups excluding tert-OH is 1. The Hall–Kier alpha value is -4.34. The van der Waals surface area contributed by atoms with Gasteiger partial charge in [-0.3, -0.25) is 14.2 Å². The Morgan fingerprint density at radius 2 is 1.79 bits per heavy atom. The molecule has 2 heterocycles. The van der Waals surface area contributed by atoms with Gasteiger partial charge in [0.15, 0.2) is 5.82 Å². The van der Waals surface area contributed by atoms with Crippen LogP contribution in [0.3, 0.4) is 0 Å². The first-order valence-corrected chi connectivity index (χ1v) is 15.0. The lowest BCUT2D eigenvalue weighted by molar-refractivity contribution is -0.119. The van der Waals surface area contributed by atoms with Crippen LogP contribution in [0.15, 0.2) is 48.5 Å². The zero-order valence-electron chi connectivity index (χ0n) is 23.7. The zero-order valence-corrected chi connectivity index (χ0v) is 24.6. The minimum absolute atomic E-state index is 0.00199. The number of carbonyl (C=O) groups excluding carboxylic acids is 1. The number of aromatic nitrogens is 3. The Morgan fingerprint density at radius 1 is 1.10 bits per heavy atom. The highest BCUT2D eigenvalue weighted by atomic mass is 32.2. The lowest BCUT2D eigenvalue weighted by atomic mass is 9.93. The number of aryl methyl sites for hydroxylation is 1. The quantitative estimate of drug-likeness (QED) is 0.264. The summed E-state index contributed by atoms with van der Waals surface area (Å²) in [6.45, 7) is 4.98. The van der Waals surface area contributed by atoms with Gasteiger partial charge in [-0.1, -0.05) is 31.9 Å². The molecule has 0 saturated heterocycles. The second-order valence-electron chi connectivity index (χ2n) is 10.4. The van der Waals surface area contributed by atoms with Gasteiger partial charge >= 0.3 is 0 Å². The molecule has 0 radical (unpaired) electrons. The summed E-state index contributed by atoms with van der Waals surface area (Å²) in [4.78, 5) is 17.1. The van der Waals surface area contributed by atoms with Gasteiger partial charge in [0, 0.05) is 36.6 Å². The number of nitrogens with one attached hydrogen (secondary N) is 2. The molecule has 0 aliphatic heterocycles. The largest absolute Gasteiger partial charge is 0.380 e. The molecule has 0 spiro atoms. The smallest absolute Gasteiger partial charge is 0.231 e. The lowest BCUT2D eigenvalue weighted by Gasteiger charge is -2.22. The monoisotopic (exact) mass is 595 g/mol. The van der Waals surface area contributed by atoms with Gasteiger partial charge in [-0.25, -0.2) is 22.2 Å². The van der Waals surface area contributed by atoms with E-state index in [1.165, 1.54) is 23.7 Å². The SMILES string of the molecule is CC(=O)N[C@@H](Cc1cc(F)cc(F)c1)c1nc(C#CC(O)C(C)C)ccc1-c1cccc2c(NS(C)(=O)=O)nn(C)c12. The van der Waals surface area contributed by atoms with Crippen molar-refractivity contribution in [1.82, 2.24) is 20.1 Å². The van der Waals surface area contributed by atoms with E-state index in [1.807, 2.05) is 13.8 Å². The molecule has 9 nitrogen and oxygen atoms in total. The third-order valence-electron chi connectivity index (χ3n) is 6.41. The maximum absolute atomic E-state index is 14.1. The number of rotatable bonds is 8. The number of anilines is 1.